The lowest BCUT2D eigenvalue weighted by atomic mass is 10.1. The predicted octanol–water partition coefficient (Wildman–Crippen LogP) is 2.74. The van der Waals surface area contributed by atoms with Crippen LogP contribution in [0.5, 0.6) is 0 Å². The fourth-order valence-corrected chi connectivity index (χ4v) is 3.71. The van der Waals surface area contributed by atoms with Gasteiger partial charge in [0.1, 0.15) is 0 Å². The van der Waals surface area contributed by atoms with Crippen molar-refractivity contribution in [2.24, 2.45) is 0 Å². The van der Waals surface area contributed by atoms with Gasteiger partial charge in [0.15, 0.2) is 0 Å². The number of carboxylic acid groups (broad SMARTS) is 1. The van der Waals surface area contributed by atoms with E-state index in [0.29, 0.717) is 12.1 Å². The third-order valence-corrected chi connectivity index (χ3v) is 5.52. The van der Waals surface area contributed by atoms with E-state index >= 15 is 0 Å². The summed E-state index contributed by atoms with van der Waals surface area (Å²) in [6, 6.07) is 18.7. The summed E-state index contributed by atoms with van der Waals surface area (Å²) in [5.74, 6) is -1.14. The summed E-state index contributed by atoms with van der Waals surface area (Å²) in [6.07, 6.45) is 5.59. The van der Waals surface area contributed by atoms with Crippen molar-refractivity contribution < 1.29 is 18.3 Å². The second kappa shape index (κ2) is 9.16. The van der Waals surface area contributed by atoms with E-state index in [0.717, 1.165) is 16.8 Å². The van der Waals surface area contributed by atoms with Crippen LogP contribution in [0.15, 0.2) is 77.8 Å². The molecule has 2 aromatic carbocycles. The number of nitrogens with one attached hydrogen (secondary N) is 1. The number of aliphatic carboxylic acids is 1. The maximum absolute atomic E-state index is 12.6. The van der Waals surface area contributed by atoms with Crippen LogP contribution in [0.1, 0.15) is 23.2 Å². The SMILES string of the molecule is O=C([O-])CCc1ccc(S(=O)(=O)Nc2cccc(/C=C/c3ccccn3)c2)cc1. The zero-order valence-electron chi connectivity index (χ0n) is 15.5. The Morgan fingerprint density at radius 2 is 1.79 bits per heavy atom. The standard InChI is InChI=1S/C22H20N2O4S/c25-22(26)14-10-17-8-12-21(13-9-17)29(27,28)24-20-6-3-4-18(16-20)7-11-19-5-1-2-15-23-19/h1-9,11-13,15-16,24H,10,14H2,(H,25,26)/p-1/b11-7+. The maximum atomic E-state index is 12.6. The number of nitrogens with zero attached hydrogens (tertiary/aromatic N) is 1. The van der Waals surface area contributed by atoms with Gasteiger partial charge in [-0.2, -0.15) is 0 Å². The molecule has 0 saturated heterocycles. The zero-order valence-corrected chi connectivity index (χ0v) is 16.3. The molecule has 0 bridgehead atoms. The predicted molar refractivity (Wildman–Crippen MR) is 110 cm³/mol. The van der Waals surface area contributed by atoms with Crippen molar-refractivity contribution >= 4 is 33.8 Å². The molecule has 7 heteroatoms. The van der Waals surface area contributed by atoms with E-state index in [1.165, 1.54) is 12.1 Å². The second-order valence-electron chi connectivity index (χ2n) is 6.33. The van der Waals surface area contributed by atoms with Crippen LogP contribution in [0.3, 0.4) is 0 Å². The number of rotatable bonds is 8. The van der Waals surface area contributed by atoms with Crippen LogP contribution in [0.4, 0.5) is 5.69 Å². The van der Waals surface area contributed by atoms with Gasteiger partial charge in [-0.1, -0.05) is 36.4 Å². The van der Waals surface area contributed by atoms with Gasteiger partial charge in [-0.3, -0.25) is 9.71 Å². The molecule has 1 aromatic heterocycles. The van der Waals surface area contributed by atoms with Crippen molar-refractivity contribution in [3.63, 3.8) is 0 Å². The van der Waals surface area contributed by atoms with E-state index in [9.17, 15) is 18.3 Å². The van der Waals surface area contributed by atoms with Crippen LogP contribution < -0.4 is 9.83 Å². The number of carbonyl (C=O) groups excluding carboxylic acids is 1. The molecule has 29 heavy (non-hydrogen) atoms. The lowest BCUT2D eigenvalue weighted by Gasteiger charge is -2.10. The number of carboxylic acids is 1. The van der Waals surface area contributed by atoms with Crippen LogP contribution in [0.2, 0.25) is 0 Å². The number of benzene rings is 2. The Labute approximate surface area is 169 Å². The summed E-state index contributed by atoms with van der Waals surface area (Å²) < 4.78 is 27.8. The Hall–Kier alpha value is -3.45. The summed E-state index contributed by atoms with van der Waals surface area (Å²) in [6.45, 7) is 0. The molecule has 0 atom stereocenters. The van der Waals surface area contributed by atoms with Crippen LogP contribution in [0, 0.1) is 0 Å². The van der Waals surface area contributed by atoms with Crippen LogP contribution >= 0.6 is 0 Å². The van der Waals surface area contributed by atoms with Gasteiger partial charge in [-0.05, 0) is 66.4 Å². The number of pyridine rings is 1. The van der Waals surface area contributed by atoms with Crippen molar-refractivity contribution in [3.05, 3.63) is 89.7 Å². The largest absolute Gasteiger partial charge is 0.550 e. The van der Waals surface area contributed by atoms with Crippen molar-refractivity contribution in [1.82, 2.24) is 4.98 Å². The minimum atomic E-state index is -3.76. The van der Waals surface area contributed by atoms with E-state index in [-0.39, 0.29) is 11.3 Å². The molecule has 0 aliphatic heterocycles. The minimum Gasteiger partial charge on any atom is -0.550 e. The molecule has 0 aliphatic rings. The van der Waals surface area contributed by atoms with Crippen LogP contribution in [-0.4, -0.2) is 19.4 Å². The Balaban J connectivity index is 1.71. The van der Waals surface area contributed by atoms with E-state index in [1.807, 2.05) is 36.4 Å². The Kier molecular flexibility index (Phi) is 6.41. The molecule has 1 heterocycles. The minimum absolute atomic E-state index is 0.101. The summed E-state index contributed by atoms with van der Waals surface area (Å²) >= 11 is 0. The van der Waals surface area contributed by atoms with E-state index in [1.54, 1.807) is 36.5 Å². The lowest BCUT2D eigenvalue weighted by molar-refractivity contribution is -0.305. The summed E-state index contributed by atoms with van der Waals surface area (Å²) in [5.41, 5.74) is 2.80. The highest BCUT2D eigenvalue weighted by molar-refractivity contribution is 7.92. The lowest BCUT2D eigenvalue weighted by Crippen LogP contribution is -2.22. The number of carbonyl (C=O) groups is 1. The first-order valence-electron chi connectivity index (χ1n) is 8.93. The van der Waals surface area contributed by atoms with Gasteiger partial charge < -0.3 is 9.90 Å². The van der Waals surface area contributed by atoms with Crippen LogP contribution in [-0.2, 0) is 21.2 Å². The van der Waals surface area contributed by atoms with E-state index in [4.69, 9.17) is 0 Å². The number of aryl methyl sites for hydroxylation is 1. The Bertz CT molecular complexity index is 1110. The maximum Gasteiger partial charge on any atom is 0.261 e. The van der Waals surface area contributed by atoms with Crippen LogP contribution in [0.25, 0.3) is 12.2 Å². The van der Waals surface area contributed by atoms with Crippen molar-refractivity contribution in [2.75, 3.05) is 4.72 Å². The summed E-state index contributed by atoms with van der Waals surface area (Å²) in [4.78, 5) is 14.8. The van der Waals surface area contributed by atoms with Crippen molar-refractivity contribution in [2.45, 2.75) is 17.7 Å². The number of anilines is 1. The molecule has 0 aliphatic carbocycles. The second-order valence-corrected chi connectivity index (χ2v) is 8.02. The highest BCUT2D eigenvalue weighted by Crippen LogP contribution is 2.19. The Morgan fingerprint density at radius 1 is 1.00 bits per heavy atom. The van der Waals surface area contributed by atoms with Gasteiger partial charge in [-0.15, -0.1) is 0 Å². The third kappa shape index (κ3) is 6.02. The molecule has 1 N–H and O–H groups in total. The fourth-order valence-electron chi connectivity index (χ4n) is 2.66. The van der Waals surface area contributed by atoms with Gasteiger partial charge in [0, 0.05) is 17.9 Å². The first-order valence-corrected chi connectivity index (χ1v) is 10.4. The topological polar surface area (TPSA) is 99.2 Å². The molecule has 0 amide bonds. The Morgan fingerprint density at radius 3 is 2.48 bits per heavy atom. The molecule has 3 rings (SSSR count). The smallest absolute Gasteiger partial charge is 0.261 e. The first-order chi connectivity index (χ1) is 13.9. The highest BCUT2D eigenvalue weighted by atomic mass is 32.2. The molecule has 0 radical (unpaired) electrons. The molecule has 0 fully saturated rings. The number of aromatic nitrogens is 1. The van der Waals surface area contributed by atoms with Crippen molar-refractivity contribution in [3.8, 4) is 0 Å². The zero-order chi connectivity index (χ0) is 20.7. The molecule has 3 aromatic rings. The van der Waals surface area contributed by atoms with Crippen molar-refractivity contribution in [1.29, 1.82) is 0 Å². The fraction of sp³-hybridized carbons (Fsp3) is 0.0909. The number of hydrogen-bond acceptors (Lipinski definition) is 5. The number of hydrogen-bond donors (Lipinski definition) is 1. The van der Waals surface area contributed by atoms with E-state index < -0.39 is 16.0 Å². The van der Waals surface area contributed by atoms with Gasteiger partial charge in [0.05, 0.1) is 10.6 Å². The quantitative estimate of drug-likeness (QED) is 0.619. The average Bonchev–Trinajstić information content (AvgIpc) is 2.72. The molecular weight excluding hydrogens is 388 g/mol. The van der Waals surface area contributed by atoms with E-state index in [2.05, 4.69) is 9.71 Å². The molecule has 0 spiro atoms. The highest BCUT2D eigenvalue weighted by Gasteiger charge is 2.14. The molecule has 6 nitrogen and oxygen atoms in total. The van der Waals surface area contributed by atoms with Gasteiger partial charge in [0.25, 0.3) is 10.0 Å². The third-order valence-electron chi connectivity index (χ3n) is 4.12. The van der Waals surface area contributed by atoms with Gasteiger partial charge in [0.2, 0.25) is 0 Å². The molecule has 0 saturated carbocycles. The van der Waals surface area contributed by atoms with Gasteiger partial charge >= 0.3 is 0 Å². The molecular formula is C22H19N2O4S-. The number of sulfonamides is 1. The first kappa shape index (κ1) is 20.3. The summed E-state index contributed by atoms with van der Waals surface area (Å²) in [5, 5.41) is 10.5. The normalized spacial score (nSPS) is 11.4. The molecule has 0 unspecified atom stereocenters. The monoisotopic (exact) mass is 407 g/mol. The average molecular weight is 407 g/mol. The summed E-state index contributed by atoms with van der Waals surface area (Å²) in [7, 11) is -3.76. The van der Waals surface area contributed by atoms with Gasteiger partial charge in [-0.25, -0.2) is 8.42 Å². The molecule has 148 valence electrons.